The lowest BCUT2D eigenvalue weighted by molar-refractivity contribution is -0.138. The van der Waals surface area contributed by atoms with Crippen LogP contribution >= 0.6 is 0 Å². The van der Waals surface area contributed by atoms with Gasteiger partial charge in [0.15, 0.2) is 0 Å². The van der Waals surface area contributed by atoms with Crippen molar-refractivity contribution < 1.29 is 9.59 Å². The summed E-state index contributed by atoms with van der Waals surface area (Å²) >= 11 is 0. The number of piperidine rings is 1. The molecule has 1 fully saturated rings. The molecule has 1 aliphatic rings. The molecule has 5 heteroatoms. The van der Waals surface area contributed by atoms with Crippen LogP contribution in [0.2, 0.25) is 0 Å². The van der Waals surface area contributed by atoms with E-state index in [1.54, 1.807) is 0 Å². The number of hydrogen-bond donors (Lipinski definition) is 2. The lowest BCUT2D eigenvalue weighted by atomic mass is 9.94. The molecule has 3 N–H and O–H groups in total. The third-order valence-corrected chi connectivity index (χ3v) is 5.40. The fourth-order valence-electron chi connectivity index (χ4n) is 3.72. The Labute approximate surface area is 160 Å². The SMILES string of the molecule is CC(C)C(=O)N1CCC(C(=O)NC(CN)c2ccc3ccccc3c2)CC1. The Hall–Kier alpha value is -2.40. The Morgan fingerprint density at radius 1 is 1.11 bits per heavy atom. The van der Waals surface area contributed by atoms with Gasteiger partial charge in [-0.05, 0) is 35.2 Å². The van der Waals surface area contributed by atoms with Crippen molar-refractivity contribution in [2.45, 2.75) is 32.7 Å². The van der Waals surface area contributed by atoms with Crippen LogP contribution in [0.5, 0.6) is 0 Å². The van der Waals surface area contributed by atoms with Crippen molar-refractivity contribution in [1.82, 2.24) is 10.2 Å². The molecular weight excluding hydrogens is 338 g/mol. The van der Waals surface area contributed by atoms with Crippen molar-refractivity contribution in [3.63, 3.8) is 0 Å². The third kappa shape index (κ3) is 4.48. The Kier molecular flexibility index (Phi) is 6.11. The van der Waals surface area contributed by atoms with Crippen LogP contribution in [-0.2, 0) is 9.59 Å². The number of nitrogens with two attached hydrogens (primary N) is 1. The molecule has 2 aromatic rings. The van der Waals surface area contributed by atoms with Crippen LogP contribution < -0.4 is 11.1 Å². The molecule has 0 bridgehead atoms. The van der Waals surface area contributed by atoms with Gasteiger partial charge in [0.1, 0.15) is 0 Å². The minimum Gasteiger partial charge on any atom is -0.348 e. The third-order valence-electron chi connectivity index (χ3n) is 5.40. The maximum Gasteiger partial charge on any atom is 0.225 e. The number of likely N-dealkylation sites (tertiary alicyclic amines) is 1. The van der Waals surface area contributed by atoms with Gasteiger partial charge in [0.05, 0.1) is 6.04 Å². The molecule has 0 aliphatic carbocycles. The molecule has 0 spiro atoms. The van der Waals surface area contributed by atoms with E-state index in [0.29, 0.717) is 32.5 Å². The molecule has 3 rings (SSSR count). The average molecular weight is 367 g/mol. The first-order valence-corrected chi connectivity index (χ1v) is 9.77. The van der Waals surface area contributed by atoms with E-state index in [2.05, 4.69) is 29.6 Å². The number of hydrogen-bond acceptors (Lipinski definition) is 3. The first kappa shape index (κ1) is 19.4. The number of carbonyl (C=O) groups is 2. The Balaban J connectivity index is 1.62. The van der Waals surface area contributed by atoms with E-state index in [-0.39, 0.29) is 29.7 Å². The summed E-state index contributed by atoms with van der Waals surface area (Å²) in [4.78, 5) is 26.7. The van der Waals surface area contributed by atoms with E-state index in [1.807, 2.05) is 36.9 Å². The highest BCUT2D eigenvalue weighted by Crippen LogP contribution is 2.23. The van der Waals surface area contributed by atoms with Gasteiger partial charge < -0.3 is 16.0 Å². The van der Waals surface area contributed by atoms with Gasteiger partial charge in [-0.3, -0.25) is 9.59 Å². The van der Waals surface area contributed by atoms with Crippen LogP contribution in [0, 0.1) is 11.8 Å². The van der Waals surface area contributed by atoms with Crippen LogP contribution in [0.25, 0.3) is 10.8 Å². The molecule has 1 unspecified atom stereocenters. The van der Waals surface area contributed by atoms with E-state index < -0.39 is 0 Å². The van der Waals surface area contributed by atoms with Crippen molar-refractivity contribution in [1.29, 1.82) is 0 Å². The highest BCUT2D eigenvalue weighted by Gasteiger charge is 2.29. The second kappa shape index (κ2) is 8.53. The number of nitrogens with one attached hydrogen (secondary N) is 1. The number of amides is 2. The molecule has 1 aliphatic heterocycles. The van der Waals surface area contributed by atoms with Crippen LogP contribution in [-0.4, -0.2) is 36.3 Å². The second-order valence-corrected chi connectivity index (χ2v) is 7.66. The van der Waals surface area contributed by atoms with Crippen LogP contribution in [0.3, 0.4) is 0 Å². The summed E-state index contributed by atoms with van der Waals surface area (Å²) in [5.41, 5.74) is 6.98. The van der Waals surface area contributed by atoms with E-state index in [1.165, 1.54) is 5.39 Å². The highest BCUT2D eigenvalue weighted by molar-refractivity contribution is 5.84. The number of carbonyl (C=O) groups excluding carboxylic acids is 2. The molecule has 0 aromatic heterocycles. The Morgan fingerprint density at radius 2 is 1.78 bits per heavy atom. The van der Waals surface area contributed by atoms with Gasteiger partial charge in [-0.2, -0.15) is 0 Å². The molecule has 0 radical (unpaired) electrons. The zero-order valence-electron chi connectivity index (χ0n) is 16.2. The molecular formula is C22H29N3O2. The summed E-state index contributed by atoms with van der Waals surface area (Å²) < 4.78 is 0. The van der Waals surface area contributed by atoms with Crippen molar-refractivity contribution in [3.05, 3.63) is 48.0 Å². The molecule has 5 nitrogen and oxygen atoms in total. The smallest absolute Gasteiger partial charge is 0.225 e. The minimum absolute atomic E-state index is 0.00454. The summed E-state index contributed by atoms with van der Waals surface area (Å²) in [6.45, 7) is 5.48. The maximum atomic E-state index is 12.7. The van der Waals surface area contributed by atoms with Crippen molar-refractivity contribution in [2.75, 3.05) is 19.6 Å². The summed E-state index contributed by atoms with van der Waals surface area (Å²) in [5, 5.41) is 5.43. The Morgan fingerprint density at radius 3 is 2.41 bits per heavy atom. The lowest BCUT2D eigenvalue weighted by Crippen LogP contribution is -2.45. The fourth-order valence-corrected chi connectivity index (χ4v) is 3.72. The maximum absolute atomic E-state index is 12.7. The van der Waals surface area contributed by atoms with Gasteiger partial charge in [0.25, 0.3) is 0 Å². The average Bonchev–Trinajstić information content (AvgIpc) is 2.71. The molecule has 27 heavy (non-hydrogen) atoms. The predicted octanol–water partition coefficient (Wildman–Crippen LogP) is 2.85. The molecule has 0 saturated carbocycles. The topological polar surface area (TPSA) is 75.4 Å². The number of fused-ring (bicyclic) bond motifs is 1. The summed E-state index contributed by atoms with van der Waals surface area (Å²) in [5.74, 6) is 0.153. The van der Waals surface area contributed by atoms with E-state index in [4.69, 9.17) is 5.73 Å². The minimum atomic E-state index is -0.197. The van der Waals surface area contributed by atoms with Gasteiger partial charge in [-0.25, -0.2) is 0 Å². The first-order valence-electron chi connectivity index (χ1n) is 9.77. The number of benzene rings is 2. The van der Waals surface area contributed by atoms with Crippen molar-refractivity contribution in [3.8, 4) is 0 Å². The monoisotopic (exact) mass is 367 g/mol. The van der Waals surface area contributed by atoms with E-state index in [9.17, 15) is 9.59 Å². The zero-order valence-corrected chi connectivity index (χ0v) is 16.2. The predicted molar refractivity (Wildman–Crippen MR) is 108 cm³/mol. The van der Waals surface area contributed by atoms with Crippen molar-refractivity contribution >= 4 is 22.6 Å². The van der Waals surface area contributed by atoms with Gasteiger partial charge in [-0.1, -0.05) is 50.2 Å². The second-order valence-electron chi connectivity index (χ2n) is 7.66. The van der Waals surface area contributed by atoms with E-state index in [0.717, 1.165) is 10.9 Å². The number of rotatable bonds is 5. The summed E-state index contributed by atoms with van der Waals surface area (Å²) in [6.07, 6.45) is 1.42. The summed E-state index contributed by atoms with van der Waals surface area (Å²) in [7, 11) is 0. The quantitative estimate of drug-likeness (QED) is 0.853. The molecule has 1 saturated heterocycles. The molecule has 2 aromatic carbocycles. The van der Waals surface area contributed by atoms with Gasteiger partial charge >= 0.3 is 0 Å². The van der Waals surface area contributed by atoms with E-state index >= 15 is 0 Å². The first-order chi connectivity index (χ1) is 13.0. The summed E-state index contributed by atoms with van der Waals surface area (Å²) in [6, 6.07) is 14.2. The highest BCUT2D eigenvalue weighted by atomic mass is 16.2. The lowest BCUT2D eigenvalue weighted by Gasteiger charge is -2.33. The zero-order chi connectivity index (χ0) is 19.4. The van der Waals surface area contributed by atoms with Crippen molar-refractivity contribution in [2.24, 2.45) is 17.6 Å². The Bertz CT molecular complexity index is 810. The molecule has 1 heterocycles. The molecule has 2 amide bonds. The van der Waals surface area contributed by atoms with Crippen LogP contribution in [0.1, 0.15) is 38.3 Å². The van der Waals surface area contributed by atoms with Gasteiger partial charge in [-0.15, -0.1) is 0 Å². The number of nitrogens with zero attached hydrogens (tertiary/aromatic N) is 1. The standard InChI is InChI=1S/C22H29N3O2/c1-15(2)22(27)25-11-9-17(10-12-25)21(26)24-20(14-23)19-8-7-16-5-3-4-6-18(16)13-19/h3-8,13,15,17,20H,9-12,14,23H2,1-2H3,(H,24,26). The molecule has 1 atom stereocenters. The largest absolute Gasteiger partial charge is 0.348 e. The van der Waals surface area contributed by atoms with Gasteiger partial charge in [0, 0.05) is 31.5 Å². The fraction of sp³-hybridized carbons (Fsp3) is 0.455. The molecule has 144 valence electrons. The van der Waals surface area contributed by atoms with Gasteiger partial charge in [0.2, 0.25) is 11.8 Å². The van der Waals surface area contributed by atoms with Crippen LogP contribution in [0.15, 0.2) is 42.5 Å². The van der Waals surface area contributed by atoms with Crippen LogP contribution in [0.4, 0.5) is 0 Å². The normalized spacial score (nSPS) is 16.5.